The number of ether oxygens (including phenoxy) is 1. The summed E-state index contributed by atoms with van der Waals surface area (Å²) in [5.41, 5.74) is 0.207. The van der Waals surface area contributed by atoms with E-state index in [-0.39, 0.29) is 0 Å². The molecule has 106 valence electrons. The Morgan fingerprint density at radius 2 is 1.85 bits per heavy atom. The van der Waals surface area contributed by atoms with Gasteiger partial charge in [0.15, 0.2) is 0 Å². The minimum atomic E-state index is -0.790. The van der Waals surface area contributed by atoms with Crippen molar-refractivity contribution in [3.8, 4) is 11.4 Å². The van der Waals surface area contributed by atoms with Crippen LogP contribution in [0.25, 0.3) is 5.69 Å². The van der Waals surface area contributed by atoms with Crippen molar-refractivity contribution in [2.45, 2.75) is 37.7 Å². The molecular weight excluding hydrogens is 252 g/mol. The van der Waals surface area contributed by atoms with Crippen LogP contribution in [0.3, 0.4) is 0 Å². The van der Waals surface area contributed by atoms with Crippen molar-refractivity contribution >= 4 is 0 Å². The number of hydrogen-bond acceptors (Lipinski definition) is 3. The monoisotopic (exact) mass is 272 g/mol. The van der Waals surface area contributed by atoms with Gasteiger partial charge in [0.25, 0.3) is 0 Å². The predicted molar refractivity (Wildman–Crippen MR) is 77.1 cm³/mol. The highest BCUT2D eigenvalue weighted by atomic mass is 16.5. The lowest BCUT2D eigenvalue weighted by Crippen LogP contribution is -2.31. The van der Waals surface area contributed by atoms with Crippen LogP contribution in [0, 0.1) is 0 Å². The van der Waals surface area contributed by atoms with Gasteiger partial charge < -0.3 is 14.4 Å². The summed E-state index contributed by atoms with van der Waals surface area (Å²) in [6, 6.07) is 7.81. The quantitative estimate of drug-likeness (QED) is 0.934. The van der Waals surface area contributed by atoms with Crippen LogP contribution in [0.2, 0.25) is 0 Å². The summed E-state index contributed by atoms with van der Waals surface area (Å²) in [4.78, 5) is 4.41. The average Bonchev–Trinajstić information content (AvgIpc) is 2.98. The second-order valence-electron chi connectivity index (χ2n) is 5.41. The van der Waals surface area contributed by atoms with Gasteiger partial charge in [0.2, 0.25) is 0 Å². The van der Waals surface area contributed by atoms with E-state index in [4.69, 9.17) is 4.74 Å². The molecule has 2 aromatic rings. The molecule has 0 atom stereocenters. The maximum absolute atomic E-state index is 10.9. The fourth-order valence-corrected chi connectivity index (χ4v) is 2.96. The van der Waals surface area contributed by atoms with E-state index in [2.05, 4.69) is 4.98 Å². The third kappa shape index (κ3) is 2.31. The van der Waals surface area contributed by atoms with Crippen molar-refractivity contribution in [3.63, 3.8) is 0 Å². The first-order valence-electron chi connectivity index (χ1n) is 7.14. The highest BCUT2D eigenvalue weighted by Gasteiger charge is 2.35. The molecule has 0 aliphatic heterocycles. The number of rotatable bonds is 3. The number of benzene rings is 1. The molecule has 1 fully saturated rings. The van der Waals surface area contributed by atoms with E-state index in [1.807, 2.05) is 35.0 Å². The number of nitrogens with zero attached hydrogens (tertiary/aromatic N) is 2. The lowest BCUT2D eigenvalue weighted by atomic mass is 9.84. The van der Waals surface area contributed by atoms with Crippen molar-refractivity contribution in [1.82, 2.24) is 9.55 Å². The van der Waals surface area contributed by atoms with Gasteiger partial charge in [-0.15, -0.1) is 0 Å². The van der Waals surface area contributed by atoms with Crippen molar-refractivity contribution in [3.05, 3.63) is 42.5 Å². The van der Waals surface area contributed by atoms with Crippen molar-refractivity contribution in [2.75, 3.05) is 7.11 Å². The average molecular weight is 272 g/mol. The zero-order chi connectivity index (χ0) is 14.0. The molecule has 0 saturated heterocycles. The number of hydrogen-bond donors (Lipinski definition) is 1. The van der Waals surface area contributed by atoms with Gasteiger partial charge in [0.1, 0.15) is 17.2 Å². The maximum atomic E-state index is 10.9. The Morgan fingerprint density at radius 1 is 1.15 bits per heavy atom. The topological polar surface area (TPSA) is 47.3 Å². The Bertz CT molecular complexity index is 568. The summed E-state index contributed by atoms with van der Waals surface area (Å²) in [5.74, 6) is 1.58. The molecule has 4 nitrogen and oxygen atoms in total. The Labute approximate surface area is 119 Å². The van der Waals surface area contributed by atoms with Crippen LogP contribution in [0.5, 0.6) is 5.75 Å². The maximum Gasteiger partial charge on any atom is 0.145 e. The summed E-state index contributed by atoms with van der Waals surface area (Å²) in [7, 11) is 1.66. The molecule has 1 N–H and O–H groups in total. The predicted octanol–water partition coefficient (Wildman–Crippen LogP) is 3.03. The fourth-order valence-electron chi connectivity index (χ4n) is 2.96. The van der Waals surface area contributed by atoms with E-state index >= 15 is 0 Å². The first kappa shape index (κ1) is 13.2. The number of imidazole rings is 1. The highest BCUT2D eigenvalue weighted by Crippen LogP contribution is 2.36. The molecule has 1 aromatic carbocycles. The number of aromatic nitrogens is 2. The Kier molecular flexibility index (Phi) is 3.49. The molecule has 1 heterocycles. The van der Waals surface area contributed by atoms with E-state index < -0.39 is 5.60 Å². The van der Waals surface area contributed by atoms with Gasteiger partial charge in [0, 0.05) is 18.1 Å². The first-order chi connectivity index (χ1) is 9.73. The van der Waals surface area contributed by atoms with Crippen molar-refractivity contribution in [2.24, 2.45) is 0 Å². The largest absolute Gasteiger partial charge is 0.497 e. The summed E-state index contributed by atoms with van der Waals surface area (Å²) in [6.45, 7) is 0. The van der Waals surface area contributed by atoms with Gasteiger partial charge in [-0.2, -0.15) is 0 Å². The molecule has 0 unspecified atom stereocenters. The van der Waals surface area contributed by atoms with E-state index in [9.17, 15) is 5.11 Å². The first-order valence-corrected chi connectivity index (χ1v) is 7.14. The Hall–Kier alpha value is -1.81. The molecule has 1 aromatic heterocycles. The molecule has 0 amide bonds. The van der Waals surface area contributed by atoms with Crippen LogP contribution in [-0.4, -0.2) is 21.8 Å². The van der Waals surface area contributed by atoms with Crippen LogP contribution in [0.15, 0.2) is 36.7 Å². The zero-order valence-electron chi connectivity index (χ0n) is 11.7. The molecule has 1 aliphatic rings. The lowest BCUT2D eigenvalue weighted by molar-refractivity contribution is -0.0101. The van der Waals surface area contributed by atoms with Gasteiger partial charge >= 0.3 is 0 Å². The van der Waals surface area contributed by atoms with E-state index in [1.165, 1.54) is 6.42 Å². The van der Waals surface area contributed by atoms with E-state index in [1.54, 1.807) is 13.3 Å². The molecule has 0 radical (unpaired) electrons. The smallest absolute Gasteiger partial charge is 0.145 e. The minimum Gasteiger partial charge on any atom is -0.497 e. The molecule has 4 heteroatoms. The van der Waals surface area contributed by atoms with Gasteiger partial charge in [0.05, 0.1) is 7.11 Å². The summed E-state index contributed by atoms with van der Waals surface area (Å²) >= 11 is 0. The van der Waals surface area contributed by atoms with Gasteiger partial charge in [-0.3, -0.25) is 0 Å². The summed E-state index contributed by atoms with van der Waals surface area (Å²) < 4.78 is 7.16. The molecule has 0 spiro atoms. The number of methoxy groups -OCH3 is 1. The minimum absolute atomic E-state index is 0.752. The molecular formula is C16H20N2O2. The fraction of sp³-hybridized carbons (Fsp3) is 0.438. The third-order valence-electron chi connectivity index (χ3n) is 4.09. The highest BCUT2D eigenvalue weighted by molar-refractivity contribution is 5.39. The van der Waals surface area contributed by atoms with Crippen molar-refractivity contribution < 1.29 is 9.84 Å². The molecule has 1 saturated carbocycles. The normalized spacial score (nSPS) is 17.9. The summed E-state index contributed by atoms with van der Waals surface area (Å²) in [6.07, 6.45) is 8.57. The lowest BCUT2D eigenvalue weighted by Gasteiger charge is -2.31. The number of aliphatic hydroxyl groups is 1. The van der Waals surface area contributed by atoms with Crippen LogP contribution in [-0.2, 0) is 5.60 Å². The third-order valence-corrected chi connectivity index (χ3v) is 4.09. The Morgan fingerprint density at radius 3 is 2.50 bits per heavy atom. The van der Waals surface area contributed by atoms with Crippen LogP contribution < -0.4 is 4.74 Å². The molecule has 20 heavy (non-hydrogen) atoms. The Balaban J connectivity index is 1.96. The summed E-state index contributed by atoms with van der Waals surface area (Å²) in [5, 5.41) is 10.9. The zero-order valence-corrected chi connectivity index (χ0v) is 11.7. The van der Waals surface area contributed by atoms with E-state index in [0.29, 0.717) is 0 Å². The van der Waals surface area contributed by atoms with Gasteiger partial charge in [-0.05, 0) is 37.1 Å². The van der Waals surface area contributed by atoms with E-state index in [0.717, 1.165) is 42.9 Å². The van der Waals surface area contributed by atoms with Gasteiger partial charge in [-0.1, -0.05) is 19.3 Å². The van der Waals surface area contributed by atoms with Crippen molar-refractivity contribution in [1.29, 1.82) is 0 Å². The molecule has 3 rings (SSSR count). The SMILES string of the molecule is COc1ccc(-n2ccnc2C2(O)CCCCC2)cc1. The standard InChI is InChI=1S/C16H20N2O2/c1-20-14-7-5-13(6-8-14)18-12-11-17-15(18)16(19)9-3-2-4-10-16/h5-8,11-12,19H,2-4,9-10H2,1H3. The van der Waals surface area contributed by atoms with Crippen LogP contribution in [0.1, 0.15) is 37.9 Å². The molecule has 0 bridgehead atoms. The molecule has 1 aliphatic carbocycles. The van der Waals surface area contributed by atoms with Gasteiger partial charge in [-0.25, -0.2) is 4.98 Å². The second-order valence-corrected chi connectivity index (χ2v) is 5.41. The van der Waals surface area contributed by atoms with Crippen LogP contribution >= 0.6 is 0 Å². The second kappa shape index (κ2) is 5.29. The van der Waals surface area contributed by atoms with Crippen LogP contribution in [0.4, 0.5) is 0 Å².